The molecule has 0 aromatic heterocycles. The van der Waals surface area contributed by atoms with Gasteiger partial charge >= 0.3 is 11.9 Å². The van der Waals surface area contributed by atoms with Crippen LogP contribution in [0.25, 0.3) is 0 Å². The van der Waals surface area contributed by atoms with Gasteiger partial charge in [0.05, 0.1) is 46.1 Å². The lowest BCUT2D eigenvalue weighted by Crippen LogP contribution is -2.43. The Bertz CT molecular complexity index is 1150. The molecule has 8 heteroatoms. The van der Waals surface area contributed by atoms with Crippen LogP contribution in [0.1, 0.15) is 179 Å². The maximum absolute atomic E-state index is 13.1. The summed E-state index contributed by atoms with van der Waals surface area (Å²) < 4.78 is 35.1. The Morgan fingerprint density at radius 1 is 0.421 bits per heavy atom. The van der Waals surface area contributed by atoms with E-state index < -0.39 is 5.41 Å². The average molecular weight is 797 g/mol. The van der Waals surface area contributed by atoms with Crippen molar-refractivity contribution in [2.45, 2.75) is 181 Å². The third kappa shape index (κ3) is 25.8. The zero-order valence-corrected chi connectivity index (χ0v) is 36.6. The number of benzene rings is 2. The van der Waals surface area contributed by atoms with Crippen LogP contribution in [0.15, 0.2) is 48.5 Å². The molecule has 0 saturated heterocycles. The first-order valence-corrected chi connectivity index (χ1v) is 22.7. The average Bonchev–Trinajstić information content (AvgIpc) is 3.23. The lowest BCUT2D eigenvalue weighted by molar-refractivity contribution is -0.164. The van der Waals surface area contributed by atoms with Crippen molar-refractivity contribution in [1.29, 1.82) is 0 Å². The lowest BCUT2D eigenvalue weighted by Gasteiger charge is -2.32. The Balaban J connectivity index is 1.97. The minimum Gasteiger partial charge on any atom is -0.497 e. The Morgan fingerprint density at radius 2 is 0.719 bits per heavy atom. The van der Waals surface area contributed by atoms with E-state index in [0.717, 1.165) is 61.2 Å². The number of hydrogen-bond donors (Lipinski definition) is 0. The van der Waals surface area contributed by atoms with Crippen LogP contribution < -0.4 is 9.47 Å². The lowest BCUT2D eigenvalue weighted by atomic mass is 9.92. The van der Waals surface area contributed by atoms with Crippen LogP contribution in [0.4, 0.5) is 0 Å². The van der Waals surface area contributed by atoms with Gasteiger partial charge in [0.1, 0.15) is 24.7 Å². The zero-order valence-electron chi connectivity index (χ0n) is 36.6. The highest BCUT2D eigenvalue weighted by atomic mass is 16.6. The molecule has 0 aliphatic rings. The molecule has 0 aliphatic heterocycles. The molecule has 0 N–H and O–H groups in total. The van der Waals surface area contributed by atoms with E-state index in [1.165, 1.54) is 103 Å². The molecule has 0 aliphatic carbocycles. The highest BCUT2D eigenvalue weighted by molar-refractivity contribution is 5.69. The Kier molecular flexibility index (Phi) is 29.7. The number of carbonyl (C=O) groups is 2. The zero-order chi connectivity index (χ0) is 41.1. The summed E-state index contributed by atoms with van der Waals surface area (Å²) in [5.41, 5.74) is 1.06. The van der Waals surface area contributed by atoms with E-state index in [4.69, 9.17) is 28.4 Å². The Labute approximate surface area is 347 Å². The first-order chi connectivity index (χ1) is 27.9. The molecule has 2 rings (SSSR count). The van der Waals surface area contributed by atoms with Crippen LogP contribution in [-0.4, -0.2) is 52.6 Å². The monoisotopic (exact) mass is 797 g/mol. The smallest absolute Gasteiger partial charge is 0.305 e. The van der Waals surface area contributed by atoms with Gasteiger partial charge in [0.25, 0.3) is 0 Å². The van der Waals surface area contributed by atoms with Crippen LogP contribution in [0.3, 0.4) is 0 Å². The van der Waals surface area contributed by atoms with E-state index in [9.17, 15) is 9.59 Å². The van der Waals surface area contributed by atoms with E-state index >= 15 is 0 Å². The fraction of sp³-hybridized carbons (Fsp3) is 0.714. The molecule has 0 amide bonds. The second-order valence-electron chi connectivity index (χ2n) is 16.1. The molecule has 0 spiro atoms. The van der Waals surface area contributed by atoms with Crippen LogP contribution in [0, 0.1) is 5.41 Å². The van der Waals surface area contributed by atoms with Gasteiger partial charge in [-0.2, -0.15) is 0 Å². The molecule has 8 nitrogen and oxygen atoms in total. The maximum atomic E-state index is 13.1. The van der Waals surface area contributed by atoms with Crippen molar-refractivity contribution in [2.24, 2.45) is 5.41 Å². The first-order valence-electron chi connectivity index (χ1n) is 22.7. The van der Waals surface area contributed by atoms with Crippen molar-refractivity contribution in [3.05, 3.63) is 59.7 Å². The maximum Gasteiger partial charge on any atom is 0.305 e. The van der Waals surface area contributed by atoms with Gasteiger partial charge in [0.15, 0.2) is 0 Å². The fourth-order valence-electron chi connectivity index (χ4n) is 6.94. The molecule has 0 bridgehead atoms. The number of methoxy groups -OCH3 is 2. The molecule has 2 aromatic rings. The highest BCUT2D eigenvalue weighted by Gasteiger charge is 2.35. The van der Waals surface area contributed by atoms with E-state index in [1.807, 2.05) is 48.5 Å². The summed E-state index contributed by atoms with van der Waals surface area (Å²) in [6.45, 7) is 5.60. The second kappa shape index (κ2) is 33.8. The summed E-state index contributed by atoms with van der Waals surface area (Å²) in [7, 11) is 3.28. The van der Waals surface area contributed by atoms with Gasteiger partial charge in [-0.15, -0.1) is 0 Å². The molecule has 0 heterocycles. The topological polar surface area (TPSA) is 89.5 Å². The van der Waals surface area contributed by atoms with E-state index in [-0.39, 0.29) is 38.4 Å². The van der Waals surface area contributed by atoms with Gasteiger partial charge in [-0.05, 0) is 48.2 Å². The number of ether oxygens (including phenoxy) is 6. The van der Waals surface area contributed by atoms with Crippen molar-refractivity contribution >= 4 is 11.9 Å². The molecule has 2 aromatic carbocycles. The molecule has 0 saturated carbocycles. The van der Waals surface area contributed by atoms with Crippen molar-refractivity contribution in [1.82, 2.24) is 0 Å². The van der Waals surface area contributed by atoms with E-state index in [2.05, 4.69) is 13.8 Å². The summed E-state index contributed by atoms with van der Waals surface area (Å²) in [5, 5.41) is 0. The molecule has 0 fully saturated rings. The number of esters is 2. The van der Waals surface area contributed by atoms with Crippen LogP contribution in [-0.2, 0) is 41.8 Å². The van der Waals surface area contributed by atoms with Gasteiger partial charge in [-0.25, -0.2) is 0 Å². The largest absolute Gasteiger partial charge is 0.497 e. The predicted octanol–water partition coefficient (Wildman–Crippen LogP) is 12.9. The van der Waals surface area contributed by atoms with Gasteiger partial charge in [0.2, 0.25) is 0 Å². The predicted molar refractivity (Wildman–Crippen MR) is 232 cm³/mol. The standard InChI is InChI=1S/C49H80O8/c1-5-7-9-11-13-15-17-19-21-23-25-27-47(50)56-41-49(39-54-37-43-29-33-45(52-3)34-30-43,40-55-38-44-31-35-46(53-4)36-32-44)42-57-48(51)28-26-24-22-20-18-16-14-12-10-8-6-2/h29-36H,5-28,37-42H2,1-4H3. The second-order valence-corrected chi connectivity index (χ2v) is 16.1. The summed E-state index contributed by atoms with van der Waals surface area (Å²) in [5.74, 6) is 1.06. The summed E-state index contributed by atoms with van der Waals surface area (Å²) >= 11 is 0. The van der Waals surface area contributed by atoms with Crippen molar-refractivity contribution in [2.75, 3.05) is 40.6 Å². The summed E-state index contributed by atoms with van der Waals surface area (Å²) in [6.07, 6.45) is 27.5. The number of hydrogen-bond acceptors (Lipinski definition) is 8. The molecule has 0 radical (unpaired) electrons. The van der Waals surface area contributed by atoms with Crippen molar-refractivity contribution in [3.63, 3.8) is 0 Å². The Morgan fingerprint density at radius 3 is 1.02 bits per heavy atom. The van der Waals surface area contributed by atoms with Gasteiger partial charge in [-0.3, -0.25) is 9.59 Å². The van der Waals surface area contributed by atoms with Crippen LogP contribution >= 0.6 is 0 Å². The van der Waals surface area contributed by atoms with E-state index in [0.29, 0.717) is 26.1 Å². The minimum atomic E-state index is -0.890. The van der Waals surface area contributed by atoms with Crippen LogP contribution in [0.2, 0.25) is 0 Å². The van der Waals surface area contributed by atoms with Gasteiger partial charge < -0.3 is 28.4 Å². The van der Waals surface area contributed by atoms with Gasteiger partial charge in [0, 0.05) is 12.8 Å². The summed E-state index contributed by atoms with van der Waals surface area (Å²) in [4.78, 5) is 26.2. The molecule has 0 atom stereocenters. The van der Waals surface area contributed by atoms with Gasteiger partial charge in [-0.1, -0.05) is 167 Å². The van der Waals surface area contributed by atoms with E-state index in [1.54, 1.807) is 14.2 Å². The third-order valence-corrected chi connectivity index (χ3v) is 10.7. The SMILES string of the molecule is CCCCCCCCCCCCCC(=O)OCC(COCc1ccc(OC)cc1)(COCc1ccc(OC)cc1)COC(=O)CCCCCCCCCCCCC. The fourth-order valence-corrected chi connectivity index (χ4v) is 6.94. The molecular weight excluding hydrogens is 717 g/mol. The summed E-state index contributed by atoms with van der Waals surface area (Å²) in [6, 6.07) is 15.4. The first kappa shape index (κ1) is 50.0. The molecule has 57 heavy (non-hydrogen) atoms. The third-order valence-electron chi connectivity index (χ3n) is 10.7. The van der Waals surface area contributed by atoms with Crippen molar-refractivity contribution in [3.8, 4) is 11.5 Å². The minimum absolute atomic E-state index is 0.0286. The molecular formula is C49H80O8. The molecule has 0 unspecified atom stereocenters. The quantitative estimate of drug-likeness (QED) is 0.0490. The Hall–Kier alpha value is -3.10. The van der Waals surface area contributed by atoms with Crippen LogP contribution in [0.5, 0.6) is 11.5 Å². The number of carbonyl (C=O) groups excluding carboxylic acids is 2. The normalized spacial score (nSPS) is 11.4. The van der Waals surface area contributed by atoms with Crippen molar-refractivity contribution < 1.29 is 38.0 Å². The number of rotatable bonds is 38. The molecule has 324 valence electrons. The number of unbranched alkanes of at least 4 members (excludes halogenated alkanes) is 20. The highest BCUT2D eigenvalue weighted by Crippen LogP contribution is 2.25.